The Bertz CT molecular complexity index is 922. The molecule has 0 saturated heterocycles. The maximum absolute atomic E-state index is 13.5. The van der Waals surface area contributed by atoms with E-state index in [1.54, 1.807) is 32.0 Å². The number of likely N-dealkylation sites (N-methyl/N-ethyl adjacent to an activating group) is 1. The molecule has 0 aromatic heterocycles. The van der Waals surface area contributed by atoms with Crippen LogP contribution in [0, 0.1) is 0 Å². The Morgan fingerprint density at radius 1 is 1.19 bits per heavy atom. The molecular formula is C23H30N4O4. The number of urea groups is 1. The molecule has 1 fully saturated rings. The van der Waals surface area contributed by atoms with Crippen LogP contribution in [0.2, 0.25) is 0 Å². The molecule has 0 bridgehead atoms. The van der Waals surface area contributed by atoms with Crippen LogP contribution in [-0.4, -0.2) is 60.4 Å². The molecule has 8 nitrogen and oxygen atoms in total. The van der Waals surface area contributed by atoms with Crippen LogP contribution < -0.4 is 15.4 Å². The summed E-state index contributed by atoms with van der Waals surface area (Å²) >= 11 is 0. The van der Waals surface area contributed by atoms with E-state index >= 15 is 0 Å². The zero-order valence-corrected chi connectivity index (χ0v) is 18.3. The molecule has 0 radical (unpaired) electrons. The number of ether oxygens (including phenoxy) is 1. The number of rotatable bonds is 5. The number of para-hydroxylation sites is 1. The molecule has 31 heavy (non-hydrogen) atoms. The van der Waals surface area contributed by atoms with Crippen LogP contribution in [0.4, 0.5) is 4.79 Å². The maximum Gasteiger partial charge on any atom is 0.322 e. The normalized spacial score (nSPS) is 22.9. The highest BCUT2D eigenvalue weighted by atomic mass is 16.5. The highest BCUT2D eigenvalue weighted by Crippen LogP contribution is 2.39. The Hall–Kier alpha value is -3.03. The van der Waals surface area contributed by atoms with E-state index in [4.69, 9.17) is 4.74 Å². The summed E-state index contributed by atoms with van der Waals surface area (Å²) < 4.78 is 5.46. The number of hydrogen-bond donors (Lipinski definition) is 2. The van der Waals surface area contributed by atoms with Crippen LogP contribution in [0.25, 0.3) is 0 Å². The average Bonchev–Trinajstić information content (AvgIpc) is 3.13. The topological polar surface area (TPSA) is 91.0 Å². The zero-order valence-electron chi connectivity index (χ0n) is 18.3. The van der Waals surface area contributed by atoms with Gasteiger partial charge in [-0.2, -0.15) is 0 Å². The van der Waals surface area contributed by atoms with Gasteiger partial charge in [0.15, 0.2) is 0 Å². The fourth-order valence-corrected chi connectivity index (χ4v) is 4.75. The predicted octanol–water partition coefficient (Wildman–Crippen LogP) is 2.32. The summed E-state index contributed by atoms with van der Waals surface area (Å²) in [5, 5.41) is 6.03. The van der Waals surface area contributed by atoms with Gasteiger partial charge in [-0.1, -0.05) is 37.5 Å². The summed E-state index contributed by atoms with van der Waals surface area (Å²) in [6.07, 6.45) is 5.42. The van der Waals surface area contributed by atoms with Gasteiger partial charge in [-0.05, 0) is 25.8 Å². The number of amides is 4. The lowest BCUT2D eigenvalue weighted by atomic mass is 9.95. The van der Waals surface area contributed by atoms with Crippen molar-refractivity contribution in [2.45, 2.75) is 57.2 Å². The van der Waals surface area contributed by atoms with Crippen LogP contribution >= 0.6 is 0 Å². The van der Waals surface area contributed by atoms with Gasteiger partial charge in [0.05, 0.1) is 31.0 Å². The molecule has 2 atom stereocenters. The molecule has 0 spiro atoms. The van der Waals surface area contributed by atoms with Crippen LogP contribution in [0.1, 0.15) is 50.6 Å². The van der Waals surface area contributed by atoms with E-state index in [-0.39, 0.29) is 30.4 Å². The predicted molar refractivity (Wildman–Crippen MR) is 115 cm³/mol. The average molecular weight is 427 g/mol. The van der Waals surface area contributed by atoms with Crippen molar-refractivity contribution in [3.05, 3.63) is 41.1 Å². The highest BCUT2D eigenvalue weighted by Gasteiger charge is 2.46. The molecule has 2 heterocycles. The van der Waals surface area contributed by atoms with Crippen molar-refractivity contribution >= 4 is 17.8 Å². The minimum absolute atomic E-state index is 0.143. The van der Waals surface area contributed by atoms with Gasteiger partial charge in [-0.3, -0.25) is 14.5 Å². The number of nitrogens with one attached hydrogen (secondary N) is 2. The molecule has 2 unspecified atom stereocenters. The Morgan fingerprint density at radius 2 is 1.90 bits per heavy atom. The summed E-state index contributed by atoms with van der Waals surface area (Å²) in [5.41, 5.74) is 1.83. The fourth-order valence-electron chi connectivity index (χ4n) is 4.75. The van der Waals surface area contributed by atoms with Crippen LogP contribution in [0.3, 0.4) is 0 Å². The first kappa shape index (κ1) is 21.2. The fraction of sp³-hybridized carbons (Fsp3) is 0.522. The Morgan fingerprint density at radius 3 is 2.61 bits per heavy atom. The number of hydrogen-bond acceptors (Lipinski definition) is 4. The monoisotopic (exact) mass is 426 g/mol. The minimum Gasteiger partial charge on any atom is -0.496 e. The van der Waals surface area contributed by atoms with E-state index < -0.39 is 12.1 Å². The molecule has 1 aromatic carbocycles. The van der Waals surface area contributed by atoms with E-state index in [1.165, 1.54) is 11.3 Å². The summed E-state index contributed by atoms with van der Waals surface area (Å²) in [6.45, 7) is 1.98. The van der Waals surface area contributed by atoms with Crippen molar-refractivity contribution in [1.29, 1.82) is 0 Å². The van der Waals surface area contributed by atoms with E-state index in [0.717, 1.165) is 25.7 Å². The minimum atomic E-state index is -0.624. The van der Waals surface area contributed by atoms with Gasteiger partial charge in [0.2, 0.25) is 5.91 Å². The van der Waals surface area contributed by atoms with Crippen LogP contribution in [0.15, 0.2) is 35.5 Å². The largest absolute Gasteiger partial charge is 0.496 e. The molecular weight excluding hydrogens is 396 g/mol. The summed E-state index contributed by atoms with van der Waals surface area (Å²) in [5.74, 6) is 0.221. The van der Waals surface area contributed by atoms with Crippen molar-refractivity contribution in [2.75, 3.05) is 20.7 Å². The Labute approximate surface area is 182 Å². The van der Waals surface area contributed by atoms with Gasteiger partial charge >= 0.3 is 6.03 Å². The first-order valence-corrected chi connectivity index (χ1v) is 10.9. The van der Waals surface area contributed by atoms with Crippen molar-refractivity contribution in [1.82, 2.24) is 20.4 Å². The molecule has 3 aliphatic rings. The van der Waals surface area contributed by atoms with Gasteiger partial charge in [0.1, 0.15) is 11.8 Å². The third-order valence-corrected chi connectivity index (χ3v) is 6.64. The Kier molecular flexibility index (Phi) is 5.89. The van der Waals surface area contributed by atoms with E-state index in [0.29, 0.717) is 22.6 Å². The van der Waals surface area contributed by atoms with Crippen molar-refractivity contribution in [3.63, 3.8) is 0 Å². The molecule has 1 aromatic rings. The second-order valence-electron chi connectivity index (χ2n) is 8.50. The Balaban J connectivity index is 1.59. The first-order chi connectivity index (χ1) is 14.9. The van der Waals surface area contributed by atoms with E-state index in [1.807, 2.05) is 18.2 Å². The standard InChI is InChI=1S/C23H30N4O4/c1-14(21(28)24-15-9-5-4-6-10-15)27-13-17-19(22(27)29)20(25-23(30)26(17)2)16-11-7-8-12-18(16)31-3/h7-8,11-12,14-15,20H,4-6,9-10,13H2,1-3H3,(H,24,28)(H,25,30). The molecule has 4 amide bonds. The quantitative estimate of drug-likeness (QED) is 0.756. The first-order valence-electron chi connectivity index (χ1n) is 10.9. The van der Waals surface area contributed by atoms with Gasteiger partial charge in [-0.25, -0.2) is 4.79 Å². The smallest absolute Gasteiger partial charge is 0.322 e. The third-order valence-electron chi connectivity index (χ3n) is 6.64. The SMILES string of the molecule is COc1ccccc1C1NC(=O)N(C)C2=C1C(=O)N(C(C)C(=O)NC1CCCCC1)C2. The highest BCUT2D eigenvalue weighted by molar-refractivity contribution is 6.03. The second-order valence-corrected chi connectivity index (χ2v) is 8.50. The number of nitrogens with zero attached hydrogens (tertiary/aromatic N) is 2. The maximum atomic E-state index is 13.5. The van der Waals surface area contributed by atoms with Crippen molar-refractivity contribution < 1.29 is 19.1 Å². The van der Waals surface area contributed by atoms with Crippen LogP contribution in [0.5, 0.6) is 5.75 Å². The second kappa shape index (κ2) is 8.61. The summed E-state index contributed by atoms with van der Waals surface area (Å²) in [7, 11) is 3.21. The third kappa shape index (κ3) is 3.86. The van der Waals surface area contributed by atoms with Gasteiger partial charge in [-0.15, -0.1) is 0 Å². The molecule has 1 saturated carbocycles. The number of carbonyl (C=O) groups excluding carboxylic acids is 3. The molecule has 4 rings (SSSR count). The van der Waals surface area contributed by atoms with Crippen LogP contribution in [-0.2, 0) is 9.59 Å². The number of methoxy groups -OCH3 is 1. The number of benzene rings is 1. The lowest BCUT2D eigenvalue weighted by Gasteiger charge is -2.31. The number of carbonyl (C=O) groups is 3. The summed E-state index contributed by atoms with van der Waals surface area (Å²) in [6, 6.07) is 5.98. The molecule has 2 N–H and O–H groups in total. The van der Waals surface area contributed by atoms with E-state index in [2.05, 4.69) is 10.6 Å². The summed E-state index contributed by atoms with van der Waals surface area (Å²) in [4.78, 5) is 42.0. The lowest BCUT2D eigenvalue weighted by molar-refractivity contribution is -0.136. The van der Waals surface area contributed by atoms with Gasteiger partial charge in [0, 0.05) is 18.7 Å². The molecule has 1 aliphatic carbocycles. The van der Waals surface area contributed by atoms with Gasteiger partial charge in [0.25, 0.3) is 5.91 Å². The molecule has 8 heteroatoms. The molecule has 2 aliphatic heterocycles. The molecule has 166 valence electrons. The van der Waals surface area contributed by atoms with Crippen molar-refractivity contribution in [3.8, 4) is 5.75 Å². The van der Waals surface area contributed by atoms with E-state index in [9.17, 15) is 14.4 Å². The zero-order chi connectivity index (χ0) is 22.1. The van der Waals surface area contributed by atoms with Crippen molar-refractivity contribution in [2.24, 2.45) is 0 Å². The van der Waals surface area contributed by atoms with Gasteiger partial charge < -0.3 is 20.3 Å². The lowest BCUT2D eigenvalue weighted by Crippen LogP contribution is -2.50.